The predicted molar refractivity (Wildman–Crippen MR) is 80.8 cm³/mol. The van der Waals surface area contributed by atoms with Crippen molar-refractivity contribution >= 4 is 5.91 Å². The van der Waals surface area contributed by atoms with Gasteiger partial charge in [-0.2, -0.15) is 0 Å². The molecule has 0 aromatic carbocycles. The number of hydrogen-bond donors (Lipinski definition) is 1. The summed E-state index contributed by atoms with van der Waals surface area (Å²) >= 11 is 0. The second kappa shape index (κ2) is 7.09. The number of carbonyl (C=O) groups is 1. The summed E-state index contributed by atoms with van der Waals surface area (Å²) in [7, 11) is 0. The highest BCUT2D eigenvalue weighted by molar-refractivity contribution is 5.77. The lowest BCUT2D eigenvalue weighted by Gasteiger charge is -2.31. The van der Waals surface area contributed by atoms with Gasteiger partial charge in [-0.05, 0) is 43.6 Å². The maximum Gasteiger partial charge on any atom is 0.223 e. The van der Waals surface area contributed by atoms with E-state index in [0.717, 1.165) is 25.7 Å². The molecule has 0 saturated heterocycles. The Morgan fingerprint density at radius 2 is 2.05 bits per heavy atom. The molecule has 2 N–H and O–H groups in total. The monoisotopic (exact) mass is 266 g/mol. The minimum Gasteiger partial charge on any atom is -0.336 e. The van der Waals surface area contributed by atoms with Gasteiger partial charge in [0.05, 0.1) is 0 Å². The summed E-state index contributed by atoms with van der Waals surface area (Å²) in [6.45, 7) is 11.9. The molecular weight excluding hydrogens is 236 g/mol. The molecule has 1 amide bonds. The van der Waals surface area contributed by atoms with E-state index in [2.05, 4.69) is 27.4 Å². The Labute approximate surface area is 118 Å². The molecule has 0 aliphatic heterocycles. The van der Waals surface area contributed by atoms with Crippen LogP contribution in [0.2, 0.25) is 0 Å². The summed E-state index contributed by atoms with van der Waals surface area (Å²) in [4.78, 5) is 14.3. The molecule has 1 atom stereocenters. The number of nitrogens with zero attached hydrogens (tertiary/aromatic N) is 1. The molecule has 1 saturated carbocycles. The summed E-state index contributed by atoms with van der Waals surface area (Å²) in [6, 6.07) is 0.480. The topological polar surface area (TPSA) is 46.3 Å². The molecular formula is C16H30N2O. The minimum atomic E-state index is 0.225. The molecule has 19 heavy (non-hydrogen) atoms. The Morgan fingerprint density at radius 3 is 2.47 bits per heavy atom. The highest BCUT2D eigenvalue weighted by atomic mass is 16.2. The van der Waals surface area contributed by atoms with E-state index in [-0.39, 0.29) is 11.3 Å². The largest absolute Gasteiger partial charge is 0.336 e. The molecule has 1 aliphatic rings. The molecule has 110 valence electrons. The fourth-order valence-electron chi connectivity index (χ4n) is 2.63. The lowest BCUT2D eigenvalue weighted by atomic mass is 9.76. The molecule has 0 spiro atoms. The van der Waals surface area contributed by atoms with Crippen LogP contribution >= 0.6 is 0 Å². The van der Waals surface area contributed by atoms with Crippen LogP contribution in [0.15, 0.2) is 12.7 Å². The summed E-state index contributed by atoms with van der Waals surface area (Å²) in [5.74, 6) is 0.805. The van der Waals surface area contributed by atoms with Crippen molar-refractivity contribution in [3.63, 3.8) is 0 Å². The lowest BCUT2D eigenvalue weighted by molar-refractivity contribution is -0.131. The molecule has 0 heterocycles. The Balaban J connectivity index is 2.48. The molecule has 1 fully saturated rings. The van der Waals surface area contributed by atoms with Crippen LogP contribution in [-0.4, -0.2) is 29.9 Å². The standard InChI is InChI=1S/C16H30N2O/c1-5-12-18(14-7-8-14)15(19)9-6-13(10-11-17)16(2,3)4/h5,13-14H,1,6-12,17H2,2-4H3. The molecule has 3 heteroatoms. The van der Waals surface area contributed by atoms with Crippen molar-refractivity contribution in [2.75, 3.05) is 13.1 Å². The average Bonchev–Trinajstić information content (AvgIpc) is 3.13. The maximum atomic E-state index is 12.3. The van der Waals surface area contributed by atoms with Gasteiger partial charge >= 0.3 is 0 Å². The van der Waals surface area contributed by atoms with Crippen LogP contribution in [0, 0.1) is 11.3 Å². The fraction of sp³-hybridized carbons (Fsp3) is 0.812. The quantitative estimate of drug-likeness (QED) is 0.687. The number of carbonyl (C=O) groups excluding carboxylic acids is 1. The molecule has 1 unspecified atom stereocenters. The molecule has 0 aromatic heterocycles. The number of amides is 1. The number of nitrogens with two attached hydrogens (primary N) is 1. The van der Waals surface area contributed by atoms with Gasteiger partial charge < -0.3 is 10.6 Å². The normalized spacial score (nSPS) is 17.1. The van der Waals surface area contributed by atoms with Crippen LogP contribution in [0.1, 0.15) is 52.9 Å². The van der Waals surface area contributed by atoms with E-state index in [1.54, 1.807) is 0 Å². The number of rotatable bonds is 8. The average molecular weight is 266 g/mol. The van der Waals surface area contributed by atoms with Gasteiger partial charge in [0.1, 0.15) is 0 Å². The third-order valence-corrected chi connectivity index (χ3v) is 4.08. The van der Waals surface area contributed by atoms with E-state index in [9.17, 15) is 4.79 Å². The summed E-state index contributed by atoms with van der Waals surface area (Å²) < 4.78 is 0. The summed E-state index contributed by atoms with van der Waals surface area (Å²) in [5.41, 5.74) is 5.91. The van der Waals surface area contributed by atoms with Crippen LogP contribution in [0.5, 0.6) is 0 Å². The zero-order valence-corrected chi connectivity index (χ0v) is 12.8. The van der Waals surface area contributed by atoms with Gasteiger partial charge in [0.2, 0.25) is 5.91 Å². The van der Waals surface area contributed by atoms with Crippen molar-refractivity contribution in [3.8, 4) is 0 Å². The molecule has 0 radical (unpaired) electrons. The van der Waals surface area contributed by atoms with Crippen molar-refractivity contribution in [1.82, 2.24) is 4.90 Å². The van der Waals surface area contributed by atoms with Gasteiger partial charge in [-0.3, -0.25) is 4.79 Å². The van der Waals surface area contributed by atoms with Crippen LogP contribution in [0.3, 0.4) is 0 Å². The van der Waals surface area contributed by atoms with Crippen molar-refractivity contribution in [3.05, 3.63) is 12.7 Å². The van der Waals surface area contributed by atoms with Crippen LogP contribution in [-0.2, 0) is 4.79 Å². The Hall–Kier alpha value is -0.830. The third kappa shape index (κ3) is 5.35. The Morgan fingerprint density at radius 1 is 1.42 bits per heavy atom. The highest BCUT2D eigenvalue weighted by Gasteiger charge is 2.32. The van der Waals surface area contributed by atoms with Gasteiger partial charge in [-0.15, -0.1) is 6.58 Å². The van der Waals surface area contributed by atoms with Crippen molar-refractivity contribution in [2.24, 2.45) is 17.1 Å². The first-order valence-electron chi connectivity index (χ1n) is 7.50. The minimum absolute atomic E-state index is 0.225. The van der Waals surface area contributed by atoms with Crippen LogP contribution in [0.4, 0.5) is 0 Å². The smallest absolute Gasteiger partial charge is 0.223 e. The first-order chi connectivity index (χ1) is 8.90. The van der Waals surface area contributed by atoms with Crippen LogP contribution in [0.25, 0.3) is 0 Å². The van der Waals surface area contributed by atoms with Gasteiger partial charge in [-0.25, -0.2) is 0 Å². The fourth-order valence-corrected chi connectivity index (χ4v) is 2.63. The second-order valence-corrected chi connectivity index (χ2v) is 6.74. The van der Waals surface area contributed by atoms with E-state index < -0.39 is 0 Å². The Bertz CT molecular complexity index is 302. The van der Waals surface area contributed by atoms with Crippen LogP contribution < -0.4 is 5.73 Å². The van der Waals surface area contributed by atoms with Gasteiger partial charge in [0.15, 0.2) is 0 Å². The van der Waals surface area contributed by atoms with Crippen molar-refractivity contribution in [2.45, 2.75) is 58.9 Å². The van der Waals surface area contributed by atoms with Crippen molar-refractivity contribution in [1.29, 1.82) is 0 Å². The zero-order chi connectivity index (χ0) is 14.5. The highest BCUT2D eigenvalue weighted by Crippen LogP contribution is 2.33. The summed E-state index contributed by atoms with van der Waals surface area (Å²) in [5, 5.41) is 0. The van der Waals surface area contributed by atoms with E-state index in [0.29, 0.717) is 31.5 Å². The molecule has 3 nitrogen and oxygen atoms in total. The Kier molecular flexibility index (Phi) is 6.05. The first-order valence-corrected chi connectivity index (χ1v) is 7.50. The molecule has 0 bridgehead atoms. The first kappa shape index (κ1) is 16.2. The SMILES string of the molecule is C=CCN(C(=O)CCC(CCN)C(C)(C)C)C1CC1. The summed E-state index contributed by atoms with van der Waals surface area (Å²) in [6.07, 6.45) is 6.74. The lowest BCUT2D eigenvalue weighted by Crippen LogP contribution is -2.34. The zero-order valence-electron chi connectivity index (χ0n) is 12.8. The predicted octanol–water partition coefficient (Wildman–Crippen LogP) is 2.95. The van der Waals surface area contributed by atoms with E-state index in [4.69, 9.17) is 5.73 Å². The second-order valence-electron chi connectivity index (χ2n) is 6.74. The molecule has 1 rings (SSSR count). The van der Waals surface area contributed by atoms with Crippen molar-refractivity contribution < 1.29 is 4.79 Å². The molecule has 0 aromatic rings. The third-order valence-electron chi connectivity index (χ3n) is 4.08. The van der Waals surface area contributed by atoms with E-state index >= 15 is 0 Å². The van der Waals surface area contributed by atoms with E-state index in [1.807, 2.05) is 11.0 Å². The van der Waals surface area contributed by atoms with Gasteiger partial charge in [0, 0.05) is 19.0 Å². The molecule has 1 aliphatic carbocycles. The maximum absolute atomic E-state index is 12.3. The number of hydrogen-bond acceptors (Lipinski definition) is 2. The van der Waals surface area contributed by atoms with Gasteiger partial charge in [-0.1, -0.05) is 26.8 Å². The van der Waals surface area contributed by atoms with Gasteiger partial charge in [0.25, 0.3) is 0 Å². The van der Waals surface area contributed by atoms with E-state index in [1.165, 1.54) is 0 Å².